The van der Waals surface area contributed by atoms with E-state index in [1.54, 1.807) is 0 Å². The number of hydrogen-bond donors (Lipinski definition) is 1. The second-order valence-corrected chi connectivity index (χ2v) is 8.03. The van der Waals surface area contributed by atoms with Gasteiger partial charge in [0.25, 0.3) is 5.91 Å². The lowest BCUT2D eigenvalue weighted by Crippen LogP contribution is -2.57. The molecule has 126 valence electrons. The third kappa shape index (κ3) is 2.98. The molecule has 1 aromatic carbocycles. The first kappa shape index (κ1) is 16.4. The van der Waals surface area contributed by atoms with E-state index in [2.05, 4.69) is 46.0 Å². The predicted octanol–water partition coefficient (Wildman–Crippen LogP) is 4.96. The Morgan fingerprint density at radius 2 is 1.78 bits per heavy atom. The molecule has 2 aliphatic rings. The van der Waals surface area contributed by atoms with Gasteiger partial charge in [-0.3, -0.25) is 4.79 Å². The Morgan fingerprint density at radius 1 is 1.13 bits per heavy atom. The lowest BCUT2D eigenvalue weighted by molar-refractivity contribution is -0.0184. The molecule has 0 atom stereocenters. The van der Waals surface area contributed by atoms with E-state index in [4.69, 9.17) is 4.74 Å². The molecule has 3 heteroatoms. The fourth-order valence-corrected chi connectivity index (χ4v) is 3.67. The summed E-state index contributed by atoms with van der Waals surface area (Å²) in [7, 11) is 0. The minimum atomic E-state index is -0.487. The van der Waals surface area contributed by atoms with Crippen molar-refractivity contribution in [1.82, 2.24) is 5.32 Å². The van der Waals surface area contributed by atoms with Gasteiger partial charge in [-0.15, -0.1) is 0 Å². The number of ether oxygens (including phenoxy) is 1. The van der Waals surface area contributed by atoms with Gasteiger partial charge in [-0.2, -0.15) is 0 Å². The largest absolute Gasteiger partial charge is 0.467 e. The van der Waals surface area contributed by atoms with Gasteiger partial charge in [0.2, 0.25) is 0 Å². The van der Waals surface area contributed by atoms with Crippen LogP contribution in [0.5, 0.6) is 5.75 Å². The zero-order valence-corrected chi connectivity index (χ0v) is 15.0. The Kier molecular flexibility index (Phi) is 4.16. The van der Waals surface area contributed by atoms with Crippen LogP contribution in [-0.4, -0.2) is 11.6 Å². The molecule has 1 heterocycles. The van der Waals surface area contributed by atoms with E-state index in [1.807, 2.05) is 6.07 Å². The topological polar surface area (TPSA) is 38.3 Å². The molecule has 23 heavy (non-hydrogen) atoms. The maximum Gasteiger partial charge on any atom is 0.258 e. The van der Waals surface area contributed by atoms with Crippen molar-refractivity contribution < 1.29 is 9.53 Å². The Hall–Kier alpha value is -1.51. The fraction of sp³-hybridized carbons (Fsp3) is 0.650. The van der Waals surface area contributed by atoms with Crippen LogP contribution in [0.15, 0.2) is 12.1 Å². The molecule has 0 saturated heterocycles. The number of hydrogen-bond acceptors (Lipinski definition) is 2. The molecule has 1 amide bonds. The van der Waals surface area contributed by atoms with E-state index in [1.165, 1.54) is 11.1 Å². The first-order valence-electron chi connectivity index (χ1n) is 9.00. The summed E-state index contributed by atoms with van der Waals surface area (Å²) in [4.78, 5) is 12.8. The van der Waals surface area contributed by atoms with E-state index in [0.29, 0.717) is 17.4 Å². The number of benzene rings is 1. The van der Waals surface area contributed by atoms with Crippen LogP contribution in [0.2, 0.25) is 0 Å². The lowest BCUT2D eigenvalue weighted by atomic mass is 9.82. The van der Waals surface area contributed by atoms with Gasteiger partial charge in [0, 0.05) is 12.8 Å². The van der Waals surface area contributed by atoms with Crippen LogP contribution in [0.4, 0.5) is 0 Å². The third-order valence-electron chi connectivity index (χ3n) is 5.39. The summed E-state index contributed by atoms with van der Waals surface area (Å²) < 4.78 is 6.47. The third-order valence-corrected chi connectivity index (χ3v) is 5.39. The molecule has 3 rings (SSSR count). The van der Waals surface area contributed by atoms with Crippen LogP contribution in [-0.2, 0) is 0 Å². The van der Waals surface area contributed by atoms with Crippen molar-refractivity contribution >= 4 is 5.91 Å². The second-order valence-electron chi connectivity index (χ2n) is 8.03. The highest BCUT2D eigenvalue weighted by Crippen LogP contribution is 2.42. The van der Waals surface area contributed by atoms with Gasteiger partial charge >= 0.3 is 0 Å². The van der Waals surface area contributed by atoms with Gasteiger partial charge in [0.1, 0.15) is 5.75 Å². The van der Waals surface area contributed by atoms with Crippen molar-refractivity contribution in [3.8, 4) is 5.75 Å². The van der Waals surface area contributed by atoms with Crippen LogP contribution in [0, 0.1) is 5.92 Å². The Balaban J connectivity index is 2.05. The molecular formula is C20H29NO2. The fourth-order valence-electron chi connectivity index (χ4n) is 3.67. The average molecular weight is 315 g/mol. The first-order chi connectivity index (χ1) is 10.8. The van der Waals surface area contributed by atoms with Gasteiger partial charge in [-0.25, -0.2) is 0 Å². The van der Waals surface area contributed by atoms with Crippen LogP contribution in [0.25, 0.3) is 0 Å². The molecule has 0 bridgehead atoms. The summed E-state index contributed by atoms with van der Waals surface area (Å²) >= 11 is 0. The minimum absolute atomic E-state index is 0.0326. The normalized spacial score (nSPS) is 27.1. The molecule has 0 aromatic heterocycles. The zero-order chi connectivity index (χ0) is 16.8. The quantitative estimate of drug-likeness (QED) is 0.837. The molecule has 1 aromatic rings. The highest BCUT2D eigenvalue weighted by Gasteiger charge is 2.43. The smallest absolute Gasteiger partial charge is 0.258 e. The number of amides is 1. The molecule has 1 spiro atoms. The van der Waals surface area contributed by atoms with E-state index in [-0.39, 0.29) is 5.91 Å². The maximum atomic E-state index is 12.8. The van der Waals surface area contributed by atoms with Crippen molar-refractivity contribution in [2.45, 2.75) is 77.9 Å². The molecule has 0 unspecified atom stereocenters. The van der Waals surface area contributed by atoms with E-state index in [0.717, 1.165) is 37.4 Å². The van der Waals surface area contributed by atoms with Crippen molar-refractivity contribution in [3.05, 3.63) is 28.8 Å². The summed E-state index contributed by atoms with van der Waals surface area (Å²) in [6.07, 6.45) is 4.03. The first-order valence-corrected chi connectivity index (χ1v) is 9.00. The number of fused-ring (bicyclic) bond motifs is 1. The standard InChI is InChI=1S/C20H29NO2/c1-12(2)15-10-16(13(3)4)18-17(11-15)19(22)21-20(23-18)8-6-14(5)7-9-20/h10-14H,6-9H2,1-5H3,(H,21,22). The molecule has 1 aliphatic heterocycles. The van der Waals surface area contributed by atoms with Crippen molar-refractivity contribution in [2.24, 2.45) is 5.92 Å². The number of rotatable bonds is 2. The molecular weight excluding hydrogens is 286 g/mol. The van der Waals surface area contributed by atoms with Gasteiger partial charge < -0.3 is 10.1 Å². The van der Waals surface area contributed by atoms with Gasteiger partial charge in [-0.05, 0) is 47.8 Å². The molecule has 3 nitrogen and oxygen atoms in total. The lowest BCUT2D eigenvalue weighted by Gasteiger charge is -2.44. The summed E-state index contributed by atoms with van der Waals surface area (Å²) in [5.74, 6) is 2.31. The van der Waals surface area contributed by atoms with Gasteiger partial charge in [0.15, 0.2) is 5.72 Å². The second kappa shape index (κ2) is 5.85. The SMILES string of the molecule is CC1CCC2(CC1)NC(=O)c1cc(C(C)C)cc(C(C)C)c1O2. The van der Waals surface area contributed by atoms with Crippen LogP contribution in [0.1, 0.15) is 93.6 Å². The Morgan fingerprint density at radius 3 is 2.35 bits per heavy atom. The van der Waals surface area contributed by atoms with E-state index >= 15 is 0 Å². The van der Waals surface area contributed by atoms with Crippen molar-refractivity contribution in [2.75, 3.05) is 0 Å². The van der Waals surface area contributed by atoms with Crippen LogP contribution < -0.4 is 10.1 Å². The minimum Gasteiger partial charge on any atom is -0.467 e. The molecule has 0 radical (unpaired) electrons. The summed E-state index contributed by atoms with van der Waals surface area (Å²) in [5.41, 5.74) is 2.60. The summed E-state index contributed by atoms with van der Waals surface area (Å²) in [5, 5.41) is 3.18. The Labute approximate surface area is 139 Å². The number of carbonyl (C=O) groups excluding carboxylic acids is 1. The van der Waals surface area contributed by atoms with Crippen molar-refractivity contribution in [3.63, 3.8) is 0 Å². The van der Waals surface area contributed by atoms with Crippen molar-refractivity contribution in [1.29, 1.82) is 0 Å². The molecule has 1 fully saturated rings. The monoisotopic (exact) mass is 315 g/mol. The number of carbonyl (C=O) groups is 1. The molecule has 1 N–H and O–H groups in total. The van der Waals surface area contributed by atoms with E-state index in [9.17, 15) is 4.79 Å². The Bertz CT molecular complexity index is 610. The van der Waals surface area contributed by atoms with E-state index < -0.39 is 5.72 Å². The highest BCUT2D eigenvalue weighted by atomic mass is 16.5. The molecule has 1 saturated carbocycles. The number of nitrogens with one attached hydrogen (secondary N) is 1. The van der Waals surface area contributed by atoms with Gasteiger partial charge in [-0.1, -0.05) is 40.7 Å². The summed E-state index contributed by atoms with van der Waals surface area (Å²) in [6.45, 7) is 10.9. The summed E-state index contributed by atoms with van der Waals surface area (Å²) in [6, 6.07) is 4.24. The average Bonchev–Trinajstić information content (AvgIpc) is 2.49. The zero-order valence-electron chi connectivity index (χ0n) is 15.0. The maximum absolute atomic E-state index is 12.8. The van der Waals surface area contributed by atoms with Gasteiger partial charge in [0.05, 0.1) is 5.56 Å². The van der Waals surface area contributed by atoms with Crippen LogP contribution in [0.3, 0.4) is 0 Å². The molecule has 1 aliphatic carbocycles. The van der Waals surface area contributed by atoms with Crippen LogP contribution >= 0.6 is 0 Å². The predicted molar refractivity (Wildman–Crippen MR) is 93.1 cm³/mol. The highest BCUT2D eigenvalue weighted by molar-refractivity contribution is 5.99.